The molecule has 0 unspecified atom stereocenters. The van der Waals surface area contributed by atoms with Crippen molar-refractivity contribution in [3.63, 3.8) is 0 Å². The number of halogens is 1. The molecular formula is C24H28FN3Si. The molecule has 2 heterocycles. The van der Waals surface area contributed by atoms with Crippen molar-refractivity contribution in [1.82, 2.24) is 9.55 Å². The standard InChI is InChI=1S/C24H28FN3Si/c1-15-12-17(29(5,6)7)13-16(2)20(15)28-21-22(26-14-24(21,3)4)27-23(28)18-10-8-9-11-19(18)25/h8-14H,1-7H3. The summed E-state index contributed by atoms with van der Waals surface area (Å²) in [5, 5.41) is 1.43. The van der Waals surface area contributed by atoms with Crippen molar-refractivity contribution in [3.05, 3.63) is 59.0 Å². The van der Waals surface area contributed by atoms with Gasteiger partial charge in [-0.1, -0.05) is 49.1 Å². The van der Waals surface area contributed by atoms with E-state index in [1.165, 1.54) is 22.4 Å². The van der Waals surface area contributed by atoms with Gasteiger partial charge in [0.2, 0.25) is 0 Å². The number of nitrogens with zero attached hydrogens (tertiary/aromatic N) is 3. The number of imidazole rings is 1. The molecule has 150 valence electrons. The van der Waals surface area contributed by atoms with E-state index in [4.69, 9.17) is 4.98 Å². The zero-order chi connectivity index (χ0) is 21.1. The summed E-state index contributed by atoms with van der Waals surface area (Å²) in [6.07, 6.45) is 1.94. The smallest absolute Gasteiger partial charge is 0.175 e. The Labute approximate surface area is 173 Å². The Morgan fingerprint density at radius 1 is 1.00 bits per heavy atom. The molecule has 0 bridgehead atoms. The third-order valence-electron chi connectivity index (χ3n) is 5.67. The van der Waals surface area contributed by atoms with Crippen LogP contribution in [0.5, 0.6) is 0 Å². The van der Waals surface area contributed by atoms with E-state index in [0.29, 0.717) is 17.2 Å². The van der Waals surface area contributed by atoms with Gasteiger partial charge in [0.05, 0.1) is 25.0 Å². The average Bonchev–Trinajstić information content (AvgIpc) is 3.12. The first-order valence-electron chi connectivity index (χ1n) is 10.1. The number of aryl methyl sites for hydroxylation is 2. The normalized spacial score (nSPS) is 15.0. The van der Waals surface area contributed by atoms with E-state index < -0.39 is 8.07 Å². The summed E-state index contributed by atoms with van der Waals surface area (Å²) in [6.45, 7) is 15.6. The average molecular weight is 406 g/mol. The molecule has 1 aliphatic heterocycles. The number of hydrogen-bond donors (Lipinski definition) is 0. The van der Waals surface area contributed by atoms with Crippen molar-refractivity contribution < 1.29 is 4.39 Å². The molecule has 3 nitrogen and oxygen atoms in total. The minimum Gasteiger partial charge on any atom is -0.293 e. The van der Waals surface area contributed by atoms with E-state index in [1.807, 2.05) is 12.3 Å². The molecule has 0 amide bonds. The van der Waals surface area contributed by atoms with Crippen molar-refractivity contribution in [2.45, 2.75) is 52.8 Å². The molecular weight excluding hydrogens is 377 g/mol. The van der Waals surface area contributed by atoms with Gasteiger partial charge in [0.15, 0.2) is 5.82 Å². The van der Waals surface area contributed by atoms with Gasteiger partial charge in [-0.3, -0.25) is 4.57 Å². The van der Waals surface area contributed by atoms with E-state index in [9.17, 15) is 4.39 Å². The highest BCUT2D eigenvalue weighted by Crippen LogP contribution is 2.42. The first kappa shape index (κ1) is 19.8. The Morgan fingerprint density at radius 2 is 1.62 bits per heavy atom. The zero-order valence-corrected chi connectivity index (χ0v) is 19.3. The lowest BCUT2D eigenvalue weighted by atomic mass is 9.92. The van der Waals surface area contributed by atoms with Gasteiger partial charge in [0.1, 0.15) is 11.6 Å². The fraction of sp³-hybridized carbons (Fsp3) is 0.333. The number of aliphatic imine (C=N–C) groups is 1. The molecule has 2 aromatic carbocycles. The van der Waals surface area contributed by atoms with Crippen molar-refractivity contribution in [3.8, 4) is 17.1 Å². The van der Waals surface area contributed by atoms with Crippen LogP contribution in [-0.2, 0) is 5.41 Å². The number of aromatic nitrogens is 2. The van der Waals surface area contributed by atoms with Crippen LogP contribution >= 0.6 is 0 Å². The summed E-state index contributed by atoms with van der Waals surface area (Å²) in [7, 11) is -1.45. The van der Waals surface area contributed by atoms with Crippen molar-refractivity contribution in [2.24, 2.45) is 4.99 Å². The predicted molar refractivity (Wildman–Crippen MR) is 123 cm³/mol. The van der Waals surface area contributed by atoms with E-state index in [1.54, 1.807) is 12.1 Å². The summed E-state index contributed by atoms with van der Waals surface area (Å²) >= 11 is 0. The van der Waals surface area contributed by atoms with E-state index >= 15 is 0 Å². The summed E-state index contributed by atoms with van der Waals surface area (Å²) in [5.74, 6) is 1.03. The van der Waals surface area contributed by atoms with E-state index in [2.05, 4.69) is 69.0 Å². The number of fused-ring (bicyclic) bond motifs is 1. The van der Waals surface area contributed by atoms with Gasteiger partial charge >= 0.3 is 0 Å². The minimum absolute atomic E-state index is 0.270. The van der Waals surface area contributed by atoms with Gasteiger partial charge in [-0.2, -0.15) is 0 Å². The van der Waals surface area contributed by atoms with Crippen LogP contribution in [0.15, 0.2) is 41.4 Å². The molecule has 5 heteroatoms. The van der Waals surface area contributed by atoms with E-state index in [0.717, 1.165) is 11.4 Å². The molecule has 0 aliphatic carbocycles. The van der Waals surface area contributed by atoms with Crippen LogP contribution in [0.4, 0.5) is 10.2 Å². The van der Waals surface area contributed by atoms with Crippen molar-refractivity contribution in [2.75, 3.05) is 0 Å². The van der Waals surface area contributed by atoms with Gasteiger partial charge in [0, 0.05) is 11.6 Å². The van der Waals surface area contributed by atoms with Gasteiger partial charge in [-0.25, -0.2) is 14.4 Å². The molecule has 0 radical (unpaired) electrons. The van der Waals surface area contributed by atoms with Crippen LogP contribution in [0, 0.1) is 19.7 Å². The van der Waals surface area contributed by atoms with Crippen LogP contribution < -0.4 is 5.19 Å². The lowest BCUT2D eigenvalue weighted by molar-refractivity contribution is 0.628. The Balaban J connectivity index is 2.07. The fourth-order valence-electron chi connectivity index (χ4n) is 4.14. The Bertz CT molecular complexity index is 1130. The molecule has 29 heavy (non-hydrogen) atoms. The first-order chi connectivity index (χ1) is 13.5. The lowest BCUT2D eigenvalue weighted by Crippen LogP contribution is -2.38. The van der Waals surface area contributed by atoms with Crippen LogP contribution in [0.1, 0.15) is 30.7 Å². The maximum Gasteiger partial charge on any atom is 0.175 e. The first-order valence-corrected chi connectivity index (χ1v) is 13.6. The molecule has 4 rings (SSSR count). The van der Waals surface area contributed by atoms with E-state index in [-0.39, 0.29) is 11.2 Å². The van der Waals surface area contributed by atoms with Crippen LogP contribution in [0.3, 0.4) is 0 Å². The van der Waals surface area contributed by atoms with Crippen molar-refractivity contribution in [1.29, 1.82) is 0 Å². The van der Waals surface area contributed by atoms with Crippen LogP contribution in [-0.4, -0.2) is 23.8 Å². The molecule has 0 spiro atoms. The highest BCUT2D eigenvalue weighted by atomic mass is 28.3. The molecule has 0 atom stereocenters. The minimum atomic E-state index is -1.45. The molecule has 3 aromatic rings. The summed E-state index contributed by atoms with van der Waals surface area (Å²) < 4.78 is 16.9. The fourth-order valence-corrected chi connectivity index (χ4v) is 5.44. The van der Waals surface area contributed by atoms with Gasteiger partial charge in [-0.05, 0) is 51.0 Å². The monoisotopic (exact) mass is 405 g/mol. The molecule has 0 saturated carbocycles. The maximum absolute atomic E-state index is 14.8. The lowest BCUT2D eigenvalue weighted by Gasteiger charge is -2.25. The molecule has 0 saturated heterocycles. The predicted octanol–water partition coefficient (Wildman–Crippen LogP) is 5.83. The summed E-state index contributed by atoms with van der Waals surface area (Å²) in [5.41, 5.74) is 4.69. The number of rotatable bonds is 3. The molecule has 0 fully saturated rings. The zero-order valence-electron chi connectivity index (χ0n) is 18.3. The Morgan fingerprint density at radius 3 is 2.21 bits per heavy atom. The molecule has 0 N–H and O–H groups in total. The van der Waals surface area contributed by atoms with Gasteiger partial charge in [0.25, 0.3) is 0 Å². The quantitative estimate of drug-likeness (QED) is 0.504. The molecule has 1 aliphatic rings. The van der Waals surface area contributed by atoms with Gasteiger partial charge in [-0.15, -0.1) is 0 Å². The Hall–Kier alpha value is -2.53. The largest absolute Gasteiger partial charge is 0.293 e. The maximum atomic E-state index is 14.8. The van der Waals surface area contributed by atoms with Crippen molar-refractivity contribution >= 4 is 25.3 Å². The van der Waals surface area contributed by atoms with Crippen LogP contribution in [0.25, 0.3) is 17.1 Å². The number of hydrogen-bond acceptors (Lipinski definition) is 2. The SMILES string of the molecule is Cc1cc([Si](C)(C)C)cc(C)c1-n1c(-c2ccccc2F)nc2c1C(C)(C)C=N2. The Kier molecular flexibility index (Phi) is 4.42. The van der Waals surface area contributed by atoms with Crippen LogP contribution in [0.2, 0.25) is 19.6 Å². The second-order valence-electron chi connectivity index (χ2n) is 9.61. The third-order valence-corrected chi connectivity index (χ3v) is 7.70. The number of benzene rings is 2. The highest BCUT2D eigenvalue weighted by molar-refractivity contribution is 6.88. The second kappa shape index (κ2) is 6.49. The highest BCUT2D eigenvalue weighted by Gasteiger charge is 2.36. The topological polar surface area (TPSA) is 30.2 Å². The summed E-state index contributed by atoms with van der Waals surface area (Å²) in [6, 6.07) is 11.4. The summed E-state index contributed by atoms with van der Waals surface area (Å²) in [4.78, 5) is 9.34. The van der Waals surface area contributed by atoms with Gasteiger partial charge < -0.3 is 0 Å². The second-order valence-corrected chi connectivity index (χ2v) is 14.7. The third kappa shape index (κ3) is 3.17. The molecule has 1 aromatic heterocycles.